The number of hydrogen-bond acceptors (Lipinski definition) is 7. The third kappa shape index (κ3) is 6.93. The second-order valence-corrected chi connectivity index (χ2v) is 18.4. The minimum Gasteiger partial charge on any atom is -0.743 e. The Hall–Kier alpha value is -3.62. The maximum Gasteiger partial charge on any atom is 0.432 e. The molecule has 280 valence electrons. The summed E-state index contributed by atoms with van der Waals surface area (Å²) in [5.74, 6) is -2.60. The summed E-state index contributed by atoms with van der Waals surface area (Å²) in [6.07, 6.45) is -8.71. The van der Waals surface area contributed by atoms with E-state index in [0.717, 1.165) is 0 Å². The second kappa shape index (κ2) is 13.3. The number of halogens is 5. The lowest BCUT2D eigenvalue weighted by molar-refractivity contribution is -0.270. The summed E-state index contributed by atoms with van der Waals surface area (Å²) in [7, 11) is -6.72. The first-order valence-corrected chi connectivity index (χ1v) is 19.7. The maximum atomic E-state index is 13.9. The first-order chi connectivity index (χ1) is 24.2. The number of rotatable bonds is 8. The molecule has 0 aliphatic heterocycles. The Balaban J connectivity index is 0.000000204. The van der Waals surface area contributed by atoms with Crippen molar-refractivity contribution >= 4 is 52.7 Å². The van der Waals surface area contributed by atoms with Gasteiger partial charge < -0.3 is 14.0 Å². The monoisotopic (exact) mass is 766 g/mol. The first-order valence-electron chi connectivity index (χ1n) is 17.0. The Morgan fingerprint density at radius 2 is 1.35 bits per heavy atom. The third-order valence-electron chi connectivity index (χ3n) is 10.8. The standard InChI is InChI=1S/C20H27F5O7S.C18H13S/c1-4-16(2,3)14(26)32-18-8-11-5-12(9-18)7-17(6-11,10-18)15(27)31-13(19(21,22)23)20(24,25)33(28,29)30;1-2-8-14(9-3-1)19-17-12-6-4-10-15(17)16-11-5-7-13-18(16)19/h11-13H,4-10H2,1-3H3,(H,28,29,30);1-13H/q;+1/p-1. The highest BCUT2D eigenvalue weighted by molar-refractivity contribution is 7.86. The molecule has 3 aromatic carbocycles. The molecule has 0 saturated heterocycles. The van der Waals surface area contributed by atoms with Gasteiger partial charge in [-0.15, -0.1) is 0 Å². The smallest absolute Gasteiger partial charge is 0.432 e. The predicted octanol–water partition coefficient (Wildman–Crippen LogP) is 9.65. The molecular formula is C38H39F5O7S2. The third-order valence-corrected chi connectivity index (χ3v) is 14.0. The molecule has 52 heavy (non-hydrogen) atoms. The molecule has 4 bridgehead atoms. The van der Waals surface area contributed by atoms with Crippen molar-refractivity contribution in [1.29, 1.82) is 0 Å². The lowest BCUT2D eigenvalue weighted by Crippen LogP contribution is -2.62. The Bertz CT molecular complexity index is 2030. The highest BCUT2D eigenvalue weighted by Gasteiger charge is 2.67. The Kier molecular flexibility index (Phi) is 9.78. The largest absolute Gasteiger partial charge is 0.743 e. The van der Waals surface area contributed by atoms with Crippen LogP contribution in [-0.4, -0.2) is 48.0 Å². The topological polar surface area (TPSA) is 110 Å². The maximum absolute atomic E-state index is 13.9. The van der Waals surface area contributed by atoms with E-state index in [9.17, 15) is 44.5 Å². The molecule has 0 amide bonds. The molecule has 4 aliphatic carbocycles. The van der Waals surface area contributed by atoms with E-state index in [-0.39, 0.29) is 41.6 Å². The normalized spacial score (nSPS) is 25.0. The van der Waals surface area contributed by atoms with Gasteiger partial charge in [0.15, 0.2) is 24.4 Å². The zero-order valence-electron chi connectivity index (χ0n) is 28.8. The summed E-state index contributed by atoms with van der Waals surface area (Å²) in [5, 5.41) is -3.12. The Morgan fingerprint density at radius 1 is 0.846 bits per heavy atom. The van der Waals surface area contributed by atoms with Gasteiger partial charge in [-0.1, -0.05) is 49.4 Å². The second-order valence-electron chi connectivity index (χ2n) is 15.0. The van der Waals surface area contributed by atoms with Crippen molar-refractivity contribution in [2.45, 2.75) is 88.9 Å². The van der Waals surface area contributed by atoms with Gasteiger partial charge in [0, 0.05) is 27.7 Å². The van der Waals surface area contributed by atoms with Gasteiger partial charge in [0.25, 0.3) is 6.10 Å². The fraction of sp³-hybridized carbons (Fsp3) is 0.474. The molecule has 0 N–H and O–H groups in total. The van der Waals surface area contributed by atoms with E-state index in [1.165, 1.54) is 25.1 Å². The first kappa shape index (κ1) is 38.1. The van der Waals surface area contributed by atoms with Crippen molar-refractivity contribution in [2.75, 3.05) is 0 Å². The van der Waals surface area contributed by atoms with Gasteiger partial charge in [-0.05, 0) is 101 Å². The van der Waals surface area contributed by atoms with Crippen LogP contribution in [-0.2, 0) is 29.2 Å². The number of alkyl halides is 5. The molecular weight excluding hydrogens is 728 g/mol. The molecule has 4 aromatic rings. The molecule has 8 rings (SSSR count). The molecule has 1 aromatic heterocycles. The van der Waals surface area contributed by atoms with Gasteiger partial charge >= 0.3 is 23.4 Å². The van der Waals surface area contributed by atoms with Gasteiger partial charge in [0.05, 0.1) is 10.8 Å². The Labute approximate surface area is 301 Å². The van der Waals surface area contributed by atoms with Gasteiger partial charge in [0.2, 0.25) is 0 Å². The van der Waals surface area contributed by atoms with Gasteiger partial charge in [-0.3, -0.25) is 9.59 Å². The average molecular weight is 767 g/mol. The summed E-state index contributed by atoms with van der Waals surface area (Å²) in [4.78, 5) is 27.0. The van der Waals surface area contributed by atoms with Crippen LogP contribution in [0.5, 0.6) is 0 Å². The van der Waals surface area contributed by atoms with Crippen LogP contribution >= 0.6 is 10.5 Å². The molecule has 0 spiro atoms. The lowest BCUT2D eigenvalue weighted by Gasteiger charge is -2.60. The summed E-state index contributed by atoms with van der Waals surface area (Å²) in [6.45, 7) is 5.11. The summed E-state index contributed by atoms with van der Waals surface area (Å²) >= 11 is 0. The van der Waals surface area contributed by atoms with Gasteiger partial charge in [-0.25, -0.2) is 8.42 Å². The number of hydrogen-bond donors (Lipinski definition) is 0. The lowest BCUT2D eigenvalue weighted by atomic mass is 9.48. The van der Waals surface area contributed by atoms with Crippen LogP contribution in [0.15, 0.2) is 78.9 Å². The van der Waals surface area contributed by atoms with Gasteiger partial charge in [0.1, 0.15) is 5.60 Å². The van der Waals surface area contributed by atoms with Crippen LogP contribution in [0.3, 0.4) is 0 Å². The molecule has 7 nitrogen and oxygen atoms in total. The number of ether oxygens (including phenoxy) is 2. The molecule has 3 atom stereocenters. The van der Waals surface area contributed by atoms with Crippen molar-refractivity contribution in [3.05, 3.63) is 78.9 Å². The predicted molar refractivity (Wildman–Crippen MR) is 186 cm³/mol. The van der Waals surface area contributed by atoms with Crippen molar-refractivity contribution in [1.82, 2.24) is 0 Å². The zero-order chi connectivity index (χ0) is 37.9. The number of thiophene rings is 1. The summed E-state index contributed by atoms with van der Waals surface area (Å²) in [6, 6.07) is 28.4. The fourth-order valence-corrected chi connectivity index (χ4v) is 11.2. The van der Waals surface area contributed by atoms with Crippen molar-refractivity contribution in [2.24, 2.45) is 22.7 Å². The Morgan fingerprint density at radius 3 is 1.83 bits per heavy atom. The highest BCUT2D eigenvalue weighted by Crippen LogP contribution is 2.64. The van der Waals surface area contributed by atoms with Crippen LogP contribution in [0, 0.1) is 22.7 Å². The van der Waals surface area contributed by atoms with Gasteiger partial charge in [-0.2, -0.15) is 22.0 Å². The van der Waals surface area contributed by atoms with E-state index in [4.69, 9.17) is 4.74 Å². The number of carbonyl (C=O) groups excluding carboxylic acids is 2. The van der Waals surface area contributed by atoms with E-state index in [0.29, 0.717) is 25.7 Å². The number of benzene rings is 3. The molecule has 1 heterocycles. The van der Waals surface area contributed by atoms with Crippen LogP contribution < -0.4 is 0 Å². The molecule has 14 heteroatoms. The van der Waals surface area contributed by atoms with Crippen molar-refractivity contribution in [3.8, 4) is 4.90 Å². The quantitative estimate of drug-likeness (QED) is 0.0761. The van der Waals surface area contributed by atoms with E-state index in [1.54, 1.807) is 20.8 Å². The zero-order valence-corrected chi connectivity index (χ0v) is 30.4. The number of carbonyl (C=O) groups is 2. The SMILES string of the molecule is CCC(C)(C)C(=O)OC12CC3CC(C1)CC(C(=O)OC(C(F)(F)F)C(F)(F)S(=O)(=O)[O-])(C3)C2.c1ccc(-[s+]2c3ccccc3c3ccccc32)cc1. The minimum atomic E-state index is -6.78. The molecule has 3 unspecified atom stereocenters. The van der Waals surface area contributed by atoms with E-state index < -0.39 is 56.0 Å². The van der Waals surface area contributed by atoms with E-state index in [2.05, 4.69) is 83.6 Å². The van der Waals surface area contributed by atoms with Crippen LogP contribution in [0.1, 0.15) is 65.7 Å². The number of esters is 2. The van der Waals surface area contributed by atoms with Crippen LogP contribution in [0.25, 0.3) is 25.1 Å². The van der Waals surface area contributed by atoms with E-state index in [1.807, 2.05) is 0 Å². The highest BCUT2D eigenvalue weighted by atomic mass is 32.2. The number of fused-ring (bicyclic) bond motifs is 3. The molecule has 4 aliphatic rings. The summed E-state index contributed by atoms with van der Waals surface area (Å²) < 4.78 is 113. The van der Waals surface area contributed by atoms with Crippen LogP contribution in [0.4, 0.5) is 22.0 Å². The van der Waals surface area contributed by atoms with Crippen molar-refractivity contribution < 1.29 is 54.0 Å². The molecule has 4 fully saturated rings. The molecule has 0 radical (unpaired) electrons. The van der Waals surface area contributed by atoms with Crippen molar-refractivity contribution in [3.63, 3.8) is 0 Å². The minimum absolute atomic E-state index is 0.0408. The fourth-order valence-electron chi connectivity index (χ4n) is 8.37. The van der Waals surface area contributed by atoms with Crippen LogP contribution in [0.2, 0.25) is 0 Å². The van der Waals surface area contributed by atoms with E-state index >= 15 is 0 Å². The average Bonchev–Trinajstić information content (AvgIpc) is 3.40. The summed E-state index contributed by atoms with van der Waals surface area (Å²) in [5.41, 5.74) is -3.64. The molecule has 4 saturated carbocycles.